The van der Waals surface area contributed by atoms with Crippen LogP contribution in [0.4, 0.5) is 10.1 Å². The number of methoxy groups -OCH3 is 1. The molecule has 196 valence electrons. The van der Waals surface area contributed by atoms with Gasteiger partial charge in [-0.25, -0.2) is 14.2 Å². The number of carbonyl (C=O) groups excluding carboxylic acids is 2. The van der Waals surface area contributed by atoms with Crippen molar-refractivity contribution in [3.63, 3.8) is 0 Å². The molecule has 4 rings (SSSR count). The van der Waals surface area contributed by atoms with E-state index in [4.69, 9.17) is 14.2 Å². The number of amides is 1. The van der Waals surface area contributed by atoms with Crippen LogP contribution in [-0.4, -0.2) is 42.2 Å². The molecule has 0 radical (unpaired) electrons. The Balaban J connectivity index is 1.54. The summed E-state index contributed by atoms with van der Waals surface area (Å²) in [7, 11) is 1.33. The molecular weight excluding hydrogens is 507 g/mol. The van der Waals surface area contributed by atoms with Crippen LogP contribution in [0, 0.1) is 5.82 Å². The van der Waals surface area contributed by atoms with E-state index in [1.807, 2.05) is 26.0 Å². The summed E-state index contributed by atoms with van der Waals surface area (Å²) >= 11 is 1.28. The van der Waals surface area contributed by atoms with E-state index >= 15 is 0 Å². The lowest BCUT2D eigenvalue weighted by molar-refractivity contribution is -0.122. The van der Waals surface area contributed by atoms with E-state index in [9.17, 15) is 14.0 Å². The van der Waals surface area contributed by atoms with Gasteiger partial charge in [-0.2, -0.15) is 0 Å². The SMILES string of the molecule is CCOc1cc(/C=C2\SC(=Nc3ccc(C(=O)OC)cc3)N(CC)C2=O)ccc1OCc1ccc(F)cc1. The topological polar surface area (TPSA) is 77.4 Å². The van der Waals surface area contributed by atoms with Crippen LogP contribution in [0.2, 0.25) is 0 Å². The Hall–Kier alpha value is -4.11. The molecule has 0 saturated carbocycles. The van der Waals surface area contributed by atoms with Gasteiger partial charge >= 0.3 is 5.97 Å². The molecule has 38 heavy (non-hydrogen) atoms. The first-order valence-corrected chi connectivity index (χ1v) is 12.9. The monoisotopic (exact) mass is 534 g/mol. The van der Waals surface area contributed by atoms with Gasteiger partial charge in [0.25, 0.3) is 5.91 Å². The molecule has 0 bridgehead atoms. The number of halogens is 1. The van der Waals surface area contributed by atoms with Crippen LogP contribution in [0.25, 0.3) is 6.08 Å². The number of likely N-dealkylation sites (N-methyl/N-ethyl adjacent to an activating group) is 1. The molecule has 0 spiro atoms. The summed E-state index contributed by atoms with van der Waals surface area (Å²) in [5, 5.41) is 0.554. The molecule has 0 atom stereocenters. The van der Waals surface area contributed by atoms with Gasteiger partial charge in [-0.3, -0.25) is 9.69 Å². The van der Waals surface area contributed by atoms with Crippen LogP contribution in [0.15, 0.2) is 76.6 Å². The van der Waals surface area contributed by atoms with Gasteiger partial charge in [0, 0.05) is 6.54 Å². The highest BCUT2D eigenvalue weighted by molar-refractivity contribution is 8.18. The van der Waals surface area contributed by atoms with Crippen molar-refractivity contribution in [1.82, 2.24) is 4.90 Å². The predicted molar refractivity (Wildman–Crippen MR) is 146 cm³/mol. The molecule has 0 aliphatic carbocycles. The number of benzene rings is 3. The van der Waals surface area contributed by atoms with Crippen LogP contribution < -0.4 is 9.47 Å². The first-order valence-electron chi connectivity index (χ1n) is 12.0. The summed E-state index contributed by atoms with van der Waals surface area (Å²) in [4.78, 5) is 31.5. The molecule has 9 heteroatoms. The van der Waals surface area contributed by atoms with Gasteiger partial charge in [0.2, 0.25) is 0 Å². The fraction of sp³-hybridized carbons (Fsp3) is 0.207. The molecule has 1 aliphatic rings. The zero-order chi connectivity index (χ0) is 27.1. The van der Waals surface area contributed by atoms with Crippen molar-refractivity contribution in [3.8, 4) is 11.5 Å². The minimum atomic E-state index is -0.423. The molecule has 3 aromatic carbocycles. The van der Waals surface area contributed by atoms with Gasteiger partial charge in [-0.1, -0.05) is 18.2 Å². The smallest absolute Gasteiger partial charge is 0.337 e. The Morgan fingerprint density at radius 1 is 1.00 bits per heavy atom. The van der Waals surface area contributed by atoms with Crippen molar-refractivity contribution in [2.24, 2.45) is 4.99 Å². The third-order valence-corrected chi connectivity index (χ3v) is 6.60. The van der Waals surface area contributed by atoms with Crippen LogP contribution in [0.3, 0.4) is 0 Å². The number of thioether (sulfide) groups is 1. The minimum Gasteiger partial charge on any atom is -0.490 e. The fourth-order valence-electron chi connectivity index (χ4n) is 3.67. The van der Waals surface area contributed by atoms with E-state index in [0.29, 0.717) is 46.0 Å². The average molecular weight is 535 g/mol. The number of ether oxygens (including phenoxy) is 3. The second-order valence-electron chi connectivity index (χ2n) is 8.15. The first-order chi connectivity index (χ1) is 18.4. The Morgan fingerprint density at radius 2 is 1.74 bits per heavy atom. The fourth-order valence-corrected chi connectivity index (χ4v) is 4.73. The number of hydrogen-bond acceptors (Lipinski definition) is 7. The molecule has 1 aliphatic heterocycles. The van der Waals surface area contributed by atoms with Gasteiger partial charge in [0.05, 0.1) is 29.9 Å². The minimum absolute atomic E-state index is 0.142. The number of hydrogen-bond donors (Lipinski definition) is 0. The van der Waals surface area contributed by atoms with Crippen LogP contribution >= 0.6 is 11.8 Å². The Kier molecular flexibility index (Phi) is 8.81. The van der Waals surface area contributed by atoms with Crippen LogP contribution in [0.5, 0.6) is 11.5 Å². The molecule has 7 nitrogen and oxygen atoms in total. The highest BCUT2D eigenvalue weighted by Crippen LogP contribution is 2.36. The lowest BCUT2D eigenvalue weighted by atomic mass is 10.1. The number of esters is 1. The molecule has 3 aromatic rings. The number of amidine groups is 1. The standard InChI is InChI=1S/C29H27FN2O5S/c1-4-32-27(33)26(38-29(32)31-23-13-9-21(10-14-23)28(34)35-3)17-20-8-15-24(25(16-20)36-5-2)37-18-19-6-11-22(30)12-7-19/h6-17H,4-5,18H2,1-3H3/b26-17-,31-29?. The highest BCUT2D eigenvalue weighted by atomic mass is 32.2. The Labute approximate surface area is 224 Å². The largest absolute Gasteiger partial charge is 0.490 e. The zero-order valence-corrected chi connectivity index (χ0v) is 22.1. The number of rotatable bonds is 9. The van der Waals surface area contributed by atoms with Crippen molar-refractivity contribution < 1.29 is 28.2 Å². The van der Waals surface area contributed by atoms with Crippen molar-refractivity contribution in [1.29, 1.82) is 0 Å². The number of nitrogens with zero attached hydrogens (tertiary/aromatic N) is 2. The molecule has 1 saturated heterocycles. The number of aliphatic imine (C=N–C) groups is 1. The van der Waals surface area contributed by atoms with Gasteiger partial charge in [0.15, 0.2) is 16.7 Å². The van der Waals surface area contributed by atoms with E-state index in [0.717, 1.165) is 11.1 Å². The molecule has 1 amide bonds. The lowest BCUT2D eigenvalue weighted by Gasteiger charge is -2.13. The van der Waals surface area contributed by atoms with E-state index < -0.39 is 5.97 Å². The normalized spacial score (nSPS) is 15.3. The molecule has 1 heterocycles. The van der Waals surface area contributed by atoms with Crippen LogP contribution in [-0.2, 0) is 16.1 Å². The van der Waals surface area contributed by atoms with Gasteiger partial charge in [-0.05, 0) is 91.3 Å². The molecular formula is C29H27FN2O5S. The van der Waals surface area contributed by atoms with Crippen molar-refractivity contribution in [2.45, 2.75) is 20.5 Å². The molecule has 0 aromatic heterocycles. The maximum absolute atomic E-state index is 13.2. The average Bonchev–Trinajstić information content (AvgIpc) is 3.22. The second-order valence-corrected chi connectivity index (χ2v) is 9.16. The predicted octanol–water partition coefficient (Wildman–Crippen LogP) is 6.21. The third kappa shape index (κ3) is 6.41. The molecule has 0 N–H and O–H groups in total. The lowest BCUT2D eigenvalue weighted by Crippen LogP contribution is -2.28. The summed E-state index contributed by atoms with van der Waals surface area (Å²) in [6.45, 7) is 4.93. The van der Waals surface area contributed by atoms with Crippen molar-refractivity contribution in [3.05, 3.63) is 94.1 Å². The van der Waals surface area contributed by atoms with E-state index in [1.54, 1.807) is 53.4 Å². The van der Waals surface area contributed by atoms with E-state index in [2.05, 4.69) is 4.99 Å². The molecule has 0 unspecified atom stereocenters. The summed E-state index contributed by atoms with van der Waals surface area (Å²) in [6.07, 6.45) is 1.80. The maximum Gasteiger partial charge on any atom is 0.337 e. The van der Waals surface area contributed by atoms with Gasteiger partial charge < -0.3 is 14.2 Å². The quantitative estimate of drug-likeness (QED) is 0.240. The summed E-state index contributed by atoms with van der Waals surface area (Å²) in [6, 6.07) is 18.3. The van der Waals surface area contributed by atoms with Crippen molar-refractivity contribution in [2.75, 3.05) is 20.3 Å². The highest BCUT2D eigenvalue weighted by Gasteiger charge is 2.32. The molecule has 1 fully saturated rings. The number of carbonyl (C=O) groups is 2. The Morgan fingerprint density at radius 3 is 2.39 bits per heavy atom. The second kappa shape index (κ2) is 12.4. The summed E-state index contributed by atoms with van der Waals surface area (Å²) in [5.74, 6) is 0.236. The van der Waals surface area contributed by atoms with Crippen molar-refractivity contribution >= 4 is 40.6 Å². The van der Waals surface area contributed by atoms with Gasteiger partial charge in [-0.15, -0.1) is 0 Å². The summed E-state index contributed by atoms with van der Waals surface area (Å²) < 4.78 is 29.6. The van der Waals surface area contributed by atoms with E-state index in [-0.39, 0.29) is 18.3 Å². The Bertz CT molecular complexity index is 1370. The zero-order valence-electron chi connectivity index (χ0n) is 21.3. The van der Waals surface area contributed by atoms with E-state index in [1.165, 1.54) is 31.0 Å². The maximum atomic E-state index is 13.2. The van der Waals surface area contributed by atoms with Crippen LogP contribution in [0.1, 0.15) is 35.3 Å². The third-order valence-electron chi connectivity index (χ3n) is 5.59. The van der Waals surface area contributed by atoms with Gasteiger partial charge in [0.1, 0.15) is 12.4 Å². The first kappa shape index (κ1) is 26.9. The summed E-state index contributed by atoms with van der Waals surface area (Å²) in [5.41, 5.74) is 2.65.